The van der Waals surface area contributed by atoms with Gasteiger partial charge in [-0.15, -0.1) is 0 Å². The first-order chi connectivity index (χ1) is 12.1. The minimum absolute atomic E-state index is 0.523. The smallest absolute Gasteiger partial charge is 0.229 e. The van der Waals surface area contributed by atoms with Gasteiger partial charge in [-0.25, -0.2) is 4.98 Å². The molecular formula is C20H19N5. The summed E-state index contributed by atoms with van der Waals surface area (Å²) in [7, 11) is 0. The van der Waals surface area contributed by atoms with Crippen molar-refractivity contribution in [3.8, 4) is 6.07 Å². The van der Waals surface area contributed by atoms with Crippen LogP contribution in [0.25, 0.3) is 0 Å². The molecule has 0 aliphatic rings. The van der Waals surface area contributed by atoms with Crippen molar-refractivity contribution in [2.45, 2.75) is 20.8 Å². The number of benzene rings is 2. The lowest BCUT2D eigenvalue weighted by atomic mass is 10.1. The van der Waals surface area contributed by atoms with E-state index in [1.54, 1.807) is 6.07 Å². The lowest BCUT2D eigenvalue weighted by Gasteiger charge is -2.13. The van der Waals surface area contributed by atoms with Gasteiger partial charge in [0.05, 0.1) is 11.3 Å². The molecule has 5 nitrogen and oxygen atoms in total. The van der Waals surface area contributed by atoms with Gasteiger partial charge in [-0.3, -0.25) is 0 Å². The Kier molecular flexibility index (Phi) is 4.62. The Morgan fingerprint density at radius 3 is 2.32 bits per heavy atom. The van der Waals surface area contributed by atoms with Crippen molar-refractivity contribution in [1.29, 1.82) is 5.26 Å². The normalized spacial score (nSPS) is 10.2. The van der Waals surface area contributed by atoms with E-state index in [4.69, 9.17) is 0 Å². The van der Waals surface area contributed by atoms with E-state index in [-0.39, 0.29) is 0 Å². The van der Waals surface area contributed by atoms with Crippen molar-refractivity contribution in [2.24, 2.45) is 0 Å². The number of hydrogen-bond donors (Lipinski definition) is 2. The monoisotopic (exact) mass is 329 g/mol. The van der Waals surface area contributed by atoms with Crippen molar-refractivity contribution in [1.82, 2.24) is 9.97 Å². The number of aromatic nitrogens is 2. The number of anilines is 4. The molecule has 0 spiro atoms. The summed E-state index contributed by atoms with van der Waals surface area (Å²) >= 11 is 0. The molecular weight excluding hydrogens is 310 g/mol. The van der Waals surface area contributed by atoms with E-state index >= 15 is 0 Å². The zero-order valence-electron chi connectivity index (χ0n) is 14.5. The van der Waals surface area contributed by atoms with Crippen molar-refractivity contribution >= 4 is 23.1 Å². The Bertz CT molecular complexity index is 936. The Balaban J connectivity index is 1.92. The summed E-state index contributed by atoms with van der Waals surface area (Å²) in [6.45, 7) is 6.01. The fraction of sp³-hybridized carbons (Fsp3) is 0.150. The van der Waals surface area contributed by atoms with E-state index < -0.39 is 0 Å². The summed E-state index contributed by atoms with van der Waals surface area (Å²) in [6, 6.07) is 17.5. The number of aryl methyl sites for hydroxylation is 3. The first kappa shape index (κ1) is 16.5. The molecule has 1 heterocycles. The van der Waals surface area contributed by atoms with Gasteiger partial charge in [0.15, 0.2) is 0 Å². The maximum Gasteiger partial charge on any atom is 0.229 e. The minimum atomic E-state index is 0.523. The van der Waals surface area contributed by atoms with Crippen LogP contribution in [-0.2, 0) is 0 Å². The van der Waals surface area contributed by atoms with Crippen LogP contribution in [0, 0.1) is 32.1 Å². The highest BCUT2D eigenvalue weighted by Crippen LogP contribution is 2.25. The van der Waals surface area contributed by atoms with Crippen molar-refractivity contribution in [2.75, 3.05) is 10.6 Å². The second-order valence-electron chi connectivity index (χ2n) is 5.89. The predicted octanol–water partition coefficient (Wildman–Crippen LogP) is 4.76. The largest absolute Gasteiger partial charge is 0.339 e. The summed E-state index contributed by atoms with van der Waals surface area (Å²) in [5.74, 6) is 1.17. The van der Waals surface area contributed by atoms with Gasteiger partial charge in [-0.05, 0) is 44.0 Å². The number of para-hydroxylation sites is 2. The molecule has 0 aliphatic heterocycles. The van der Waals surface area contributed by atoms with Crippen LogP contribution in [0.5, 0.6) is 0 Å². The van der Waals surface area contributed by atoms with E-state index in [0.717, 1.165) is 28.2 Å². The van der Waals surface area contributed by atoms with Crippen molar-refractivity contribution in [3.63, 3.8) is 0 Å². The maximum absolute atomic E-state index is 9.23. The molecule has 2 aromatic carbocycles. The molecule has 0 fully saturated rings. The zero-order chi connectivity index (χ0) is 17.8. The first-order valence-corrected chi connectivity index (χ1v) is 8.02. The predicted molar refractivity (Wildman–Crippen MR) is 100 cm³/mol. The molecule has 5 heteroatoms. The van der Waals surface area contributed by atoms with E-state index in [2.05, 4.69) is 26.7 Å². The molecule has 3 rings (SSSR count). The molecule has 0 radical (unpaired) electrons. The molecule has 0 saturated heterocycles. The molecule has 0 saturated carbocycles. The molecule has 3 aromatic rings. The van der Waals surface area contributed by atoms with Gasteiger partial charge in [-0.2, -0.15) is 10.2 Å². The third-order valence-electron chi connectivity index (χ3n) is 3.88. The number of nitriles is 1. The van der Waals surface area contributed by atoms with E-state index in [9.17, 15) is 5.26 Å². The third kappa shape index (κ3) is 3.75. The quantitative estimate of drug-likeness (QED) is 0.722. The van der Waals surface area contributed by atoms with Crippen LogP contribution in [0.15, 0.2) is 48.5 Å². The third-order valence-corrected chi connectivity index (χ3v) is 3.88. The zero-order valence-corrected chi connectivity index (χ0v) is 14.5. The van der Waals surface area contributed by atoms with Crippen molar-refractivity contribution in [3.05, 3.63) is 70.9 Å². The Morgan fingerprint density at radius 2 is 1.60 bits per heavy atom. The highest BCUT2D eigenvalue weighted by atomic mass is 15.1. The molecule has 0 atom stereocenters. The van der Waals surface area contributed by atoms with Gasteiger partial charge in [0.1, 0.15) is 11.9 Å². The second-order valence-corrected chi connectivity index (χ2v) is 5.89. The van der Waals surface area contributed by atoms with Gasteiger partial charge in [-0.1, -0.05) is 30.3 Å². The van der Waals surface area contributed by atoms with E-state index in [0.29, 0.717) is 17.3 Å². The number of nitrogens with one attached hydrogen (secondary N) is 2. The summed E-state index contributed by atoms with van der Waals surface area (Å²) in [6.07, 6.45) is 0. The standard InChI is InChI=1S/C20H19N5/c1-13-7-6-8-14(2)19(13)25-20-22-15(3)11-18(24-20)23-17-10-5-4-9-16(17)12-21/h4-11H,1-3H3,(H2,22,23,24,25). The summed E-state index contributed by atoms with van der Waals surface area (Å²) in [4.78, 5) is 9.01. The van der Waals surface area contributed by atoms with Gasteiger partial charge in [0, 0.05) is 17.4 Å². The van der Waals surface area contributed by atoms with Crippen LogP contribution in [0.1, 0.15) is 22.4 Å². The van der Waals surface area contributed by atoms with Gasteiger partial charge in [0.25, 0.3) is 0 Å². The van der Waals surface area contributed by atoms with Crippen LogP contribution >= 0.6 is 0 Å². The molecule has 0 amide bonds. The lowest BCUT2D eigenvalue weighted by Crippen LogP contribution is -2.04. The fourth-order valence-corrected chi connectivity index (χ4v) is 2.64. The minimum Gasteiger partial charge on any atom is -0.339 e. The average Bonchev–Trinajstić information content (AvgIpc) is 2.58. The fourth-order valence-electron chi connectivity index (χ4n) is 2.64. The molecule has 1 aromatic heterocycles. The number of hydrogen-bond acceptors (Lipinski definition) is 5. The van der Waals surface area contributed by atoms with Crippen LogP contribution in [0.2, 0.25) is 0 Å². The Labute approximate surface area is 147 Å². The molecule has 0 bridgehead atoms. The van der Waals surface area contributed by atoms with Crippen molar-refractivity contribution < 1.29 is 0 Å². The maximum atomic E-state index is 9.23. The Hall–Kier alpha value is -3.39. The lowest BCUT2D eigenvalue weighted by molar-refractivity contribution is 1.10. The highest BCUT2D eigenvalue weighted by Gasteiger charge is 2.08. The topological polar surface area (TPSA) is 73.6 Å². The van der Waals surface area contributed by atoms with Crippen LogP contribution in [0.4, 0.5) is 23.1 Å². The first-order valence-electron chi connectivity index (χ1n) is 8.02. The van der Waals surface area contributed by atoms with Gasteiger partial charge >= 0.3 is 0 Å². The van der Waals surface area contributed by atoms with E-state index in [1.807, 2.05) is 63.2 Å². The SMILES string of the molecule is Cc1cc(Nc2ccccc2C#N)nc(Nc2c(C)cccc2C)n1. The Morgan fingerprint density at radius 1 is 0.880 bits per heavy atom. The molecule has 124 valence electrons. The molecule has 2 N–H and O–H groups in total. The number of rotatable bonds is 4. The highest BCUT2D eigenvalue weighted by molar-refractivity contribution is 5.67. The van der Waals surface area contributed by atoms with Crippen LogP contribution in [-0.4, -0.2) is 9.97 Å². The van der Waals surface area contributed by atoms with Gasteiger partial charge < -0.3 is 10.6 Å². The summed E-state index contributed by atoms with van der Waals surface area (Å²) < 4.78 is 0. The second kappa shape index (κ2) is 7.02. The van der Waals surface area contributed by atoms with E-state index in [1.165, 1.54) is 0 Å². The summed E-state index contributed by atoms with van der Waals surface area (Å²) in [5.41, 5.74) is 5.41. The van der Waals surface area contributed by atoms with Gasteiger partial charge in [0.2, 0.25) is 5.95 Å². The number of nitrogens with zero attached hydrogens (tertiary/aromatic N) is 3. The molecule has 0 aliphatic carbocycles. The average molecular weight is 329 g/mol. The summed E-state index contributed by atoms with van der Waals surface area (Å²) in [5, 5.41) is 15.7. The molecule has 25 heavy (non-hydrogen) atoms. The van der Waals surface area contributed by atoms with Crippen LogP contribution in [0.3, 0.4) is 0 Å². The molecule has 0 unspecified atom stereocenters. The van der Waals surface area contributed by atoms with Crippen LogP contribution < -0.4 is 10.6 Å².